The first-order valence-corrected chi connectivity index (χ1v) is 5.70. The Morgan fingerprint density at radius 1 is 1.30 bits per heavy atom. The van der Waals surface area contributed by atoms with Crippen molar-refractivity contribution in [1.82, 2.24) is 5.32 Å². The van der Waals surface area contributed by atoms with E-state index >= 15 is 0 Å². The molecule has 8 heteroatoms. The fraction of sp³-hybridized carbons (Fsp3) is 0.250. The van der Waals surface area contributed by atoms with Gasteiger partial charge in [-0.15, -0.1) is 0 Å². The fourth-order valence-electron chi connectivity index (χ4n) is 1.31. The molecule has 0 aliphatic carbocycles. The van der Waals surface area contributed by atoms with Crippen molar-refractivity contribution in [2.24, 2.45) is 5.73 Å². The lowest BCUT2D eigenvalue weighted by Crippen LogP contribution is -2.44. The first kappa shape index (κ1) is 15.3. The minimum atomic E-state index is -1.08. The number of benzene rings is 1. The van der Waals surface area contributed by atoms with E-state index < -0.39 is 30.6 Å². The van der Waals surface area contributed by atoms with Crippen LogP contribution in [0.1, 0.15) is 6.92 Å². The number of carbonyl (C=O) groups excluding carboxylic acids is 2. The van der Waals surface area contributed by atoms with Crippen LogP contribution in [0.3, 0.4) is 0 Å². The van der Waals surface area contributed by atoms with Crippen molar-refractivity contribution in [3.8, 4) is 5.75 Å². The molecular weight excluding hydrogens is 266 g/mol. The Bertz CT molecular complexity index is 500. The summed E-state index contributed by atoms with van der Waals surface area (Å²) in [5.41, 5.74) is 5.39. The van der Waals surface area contributed by atoms with Gasteiger partial charge in [0.2, 0.25) is 5.91 Å². The summed E-state index contributed by atoms with van der Waals surface area (Å²) in [5.74, 6) is -1.13. The lowest BCUT2D eigenvalue weighted by Gasteiger charge is -2.12. The molecule has 1 aromatic carbocycles. The molecule has 0 saturated carbocycles. The Morgan fingerprint density at radius 3 is 2.40 bits per heavy atom. The largest absolute Gasteiger partial charge is 0.482 e. The maximum atomic E-state index is 11.7. The molecule has 1 atom stereocenters. The summed E-state index contributed by atoms with van der Waals surface area (Å²) in [4.78, 5) is 32.6. The third kappa shape index (κ3) is 5.25. The number of carbonyl (C=O) groups is 3. The van der Waals surface area contributed by atoms with E-state index in [0.29, 0.717) is 11.4 Å². The predicted octanol–water partition coefficient (Wildman–Crippen LogP) is 0.145. The van der Waals surface area contributed by atoms with E-state index in [9.17, 15) is 14.4 Å². The van der Waals surface area contributed by atoms with E-state index in [4.69, 9.17) is 15.6 Å². The molecule has 3 amide bonds. The van der Waals surface area contributed by atoms with Gasteiger partial charge in [-0.2, -0.15) is 0 Å². The highest BCUT2D eigenvalue weighted by Crippen LogP contribution is 2.15. The minimum absolute atomic E-state index is 0.369. The minimum Gasteiger partial charge on any atom is -0.482 e. The number of anilines is 1. The number of primary amides is 1. The Hall–Kier alpha value is -2.77. The van der Waals surface area contributed by atoms with Gasteiger partial charge in [-0.1, -0.05) is 0 Å². The van der Waals surface area contributed by atoms with Crippen molar-refractivity contribution in [3.63, 3.8) is 0 Å². The molecule has 0 saturated heterocycles. The van der Waals surface area contributed by atoms with Gasteiger partial charge in [-0.3, -0.25) is 4.79 Å². The van der Waals surface area contributed by atoms with E-state index in [1.807, 2.05) is 0 Å². The highest BCUT2D eigenvalue weighted by atomic mass is 16.5. The molecule has 5 N–H and O–H groups in total. The zero-order valence-electron chi connectivity index (χ0n) is 10.8. The third-order valence-corrected chi connectivity index (χ3v) is 2.24. The lowest BCUT2D eigenvalue weighted by molar-refractivity contribution is -0.139. The number of rotatable bonds is 6. The van der Waals surface area contributed by atoms with Crippen LogP contribution in [0.4, 0.5) is 10.5 Å². The lowest BCUT2D eigenvalue weighted by atomic mass is 10.2. The number of nitrogens with two attached hydrogens (primary N) is 1. The zero-order valence-corrected chi connectivity index (χ0v) is 10.8. The zero-order chi connectivity index (χ0) is 15.1. The molecular formula is C12H15N3O5. The molecule has 0 bridgehead atoms. The average molecular weight is 281 g/mol. The van der Waals surface area contributed by atoms with Crippen LogP contribution in [0.15, 0.2) is 24.3 Å². The number of urea groups is 1. The highest BCUT2D eigenvalue weighted by Gasteiger charge is 2.13. The van der Waals surface area contributed by atoms with Crippen LogP contribution in [-0.2, 0) is 9.59 Å². The molecule has 0 fully saturated rings. The van der Waals surface area contributed by atoms with Gasteiger partial charge in [0.05, 0.1) is 0 Å². The topological polar surface area (TPSA) is 131 Å². The number of hydrogen-bond acceptors (Lipinski definition) is 4. The Morgan fingerprint density at radius 2 is 1.90 bits per heavy atom. The fourth-order valence-corrected chi connectivity index (χ4v) is 1.31. The molecule has 0 aliphatic rings. The Kier molecular flexibility index (Phi) is 5.33. The normalized spacial score (nSPS) is 11.2. The third-order valence-electron chi connectivity index (χ3n) is 2.24. The second-order valence-corrected chi connectivity index (χ2v) is 3.93. The summed E-state index contributed by atoms with van der Waals surface area (Å²) in [6.07, 6.45) is 0. The molecule has 0 radical (unpaired) electrons. The SMILES string of the molecule is CC(NC(N)=O)C(=O)Nc1ccc(OCC(=O)O)cc1. The number of amides is 3. The predicted molar refractivity (Wildman–Crippen MR) is 70.4 cm³/mol. The van der Waals surface area contributed by atoms with Crippen molar-refractivity contribution in [3.05, 3.63) is 24.3 Å². The van der Waals surface area contributed by atoms with Crippen molar-refractivity contribution >= 4 is 23.6 Å². The van der Waals surface area contributed by atoms with Crippen molar-refractivity contribution < 1.29 is 24.2 Å². The number of ether oxygens (including phenoxy) is 1. The van der Waals surface area contributed by atoms with E-state index in [2.05, 4.69) is 10.6 Å². The summed E-state index contributed by atoms with van der Waals surface area (Å²) in [5, 5.41) is 13.3. The monoisotopic (exact) mass is 281 g/mol. The van der Waals surface area contributed by atoms with Crippen LogP contribution < -0.4 is 21.1 Å². The van der Waals surface area contributed by atoms with Crippen molar-refractivity contribution in [2.75, 3.05) is 11.9 Å². The molecule has 0 aliphatic heterocycles. The van der Waals surface area contributed by atoms with Gasteiger partial charge in [-0.05, 0) is 31.2 Å². The van der Waals surface area contributed by atoms with E-state index in [-0.39, 0.29) is 0 Å². The van der Waals surface area contributed by atoms with Gasteiger partial charge in [-0.25, -0.2) is 9.59 Å². The quantitative estimate of drug-likeness (QED) is 0.589. The number of aliphatic carboxylic acids is 1. The van der Waals surface area contributed by atoms with Crippen LogP contribution in [0.25, 0.3) is 0 Å². The van der Waals surface area contributed by atoms with Crippen molar-refractivity contribution in [1.29, 1.82) is 0 Å². The van der Waals surface area contributed by atoms with E-state index in [1.54, 1.807) is 12.1 Å². The molecule has 1 aromatic rings. The molecule has 0 spiro atoms. The number of hydrogen-bond donors (Lipinski definition) is 4. The summed E-state index contributed by atoms with van der Waals surface area (Å²) in [7, 11) is 0. The summed E-state index contributed by atoms with van der Waals surface area (Å²) in [6, 6.07) is 4.58. The first-order valence-electron chi connectivity index (χ1n) is 5.70. The van der Waals surface area contributed by atoms with Crippen LogP contribution >= 0.6 is 0 Å². The maximum Gasteiger partial charge on any atom is 0.341 e. The molecule has 0 heterocycles. The Balaban J connectivity index is 2.54. The smallest absolute Gasteiger partial charge is 0.341 e. The van der Waals surface area contributed by atoms with Crippen molar-refractivity contribution in [2.45, 2.75) is 13.0 Å². The van der Waals surface area contributed by atoms with E-state index in [1.165, 1.54) is 19.1 Å². The van der Waals surface area contributed by atoms with Gasteiger partial charge in [0.1, 0.15) is 11.8 Å². The van der Waals surface area contributed by atoms with Crippen LogP contribution in [0, 0.1) is 0 Å². The van der Waals surface area contributed by atoms with Gasteiger partial charge in [0.15, 0.2) is 6.61 Å². The highest BCUT2D eigenvalue weighted by molar-refractivity contribution is 5.96. The summed E-state index contributed by atoms with van der Waals surface area (Å²) < 4.78 is 4.94. The molecule has 1 rings (SSSR count). The Labute approximate surface area is 114 Å². The van der Waals surface area contributed by atoms with Crippen LogP contribution in [0.5, 0.6) is 5.75 Å². The molecule has 8 nitrogen and oxygen atoms in total. The first-order chi connectivity index (χ1) is 9.38. The van der Waals surface area contributed by atoms with Gasteiger partial charge in [0, 0.05) is 5.69 Å². The molecule has 20 heavy (non-hydrogen) atoms. The second-order valence-electron chi connectivity index (χ2n) is 3.93. The van der Waals surface area contributed by atoms with Crippen LogP contribution in [0.2, 0.25) is 0 Å². The maximum absolute atomic E-state index is 11.7. The summed E-state index contributed by atoms with van der Waals surface area (Å²) >= 11 is 0. The number of nitrogens with one attached hydrogen (secondary N) is 2. The van der Waals surface area contributed by atoms with Gasteiger partial charge >= 0.3 is 12.0 Å². The number of carboxylic acids is 1. The molecule has 0 aromatic heterocycles. The van der Waals surface area contributed by atoms with E-state index in [0.717, 1.165) is 0 Å². The standard InChI is InChI=1S/C12H15N3O5/c1-7(14-12(13)19)11(18)15-8-2-4-9(5-3-8)20-6-10(16)17/h2-5,7H,6H2,1H3,(H,15,18)(H,16,17)(H3,13,14,19). The number of carboxylic acid groups (broad SMARTS) is 1. The average Bonchev–Trinajstić information content (AvgIpc) is 2.37. The summed E-state index contributed by atoms with van der Waals surface area (Å²) in [6.45, 7) is 1.05. The molecule has 1 unspecified atom stereocenters. The van der Waals surface area contributed by atoms with Gasteiger partial charge < -0.3 is 26.2 Å². The molecule has 108 valence electrons. The van der Waals surface area contributed by atoms with Crippen LogP contribution in [-0.4, -0.2) is 35.7 Å². The van der Waals surface area contributed by atoms with Gasteiger partial charge in [0.25, 0.3) is 0 Å². The second kappa shape index (κ2) is 6.98.